The van der Waals surface area contributed by atoms with Crippen molar-refractivity contribution < 1.29 is 36.6 Å². The zero-order valence-corrected chi connectivity index (χ0v) is 22.7. The third-order valence-corrected chi connectivity index (χ3v) is 7.21. The van der Waals surface area contributed by atoms with Gasteiger partial charge in [-0.15, -0.1) is 0 Å². The number of carbonyl (C=O) groups excluding carboxylic acids is 1. The van der Waals surface area contributed by atoms with Crippen LogP contribution in [0.5, 0.6) is 5.75 Å². The molecule has 39 heavy (non-hydrogen) atoms. The van der Waals surface area contributed by atoms with E-state index < -0.39 is 42.5 Å². The molecule has 1 amide bonds. The van der Waals surface area contributed by atoms with Gasteiger partial charge in [-0.25, -0.2) is 4.98 Å². The third-order valence-electron chi connectivity index (χ3n) is 6.85. The number of anilines is 1. The molecule has 0 spiro atoms. The Hall–Kier alpha value is -2.67. The highest BCUT2D eigenvalue weighted by Gasteiger charge is 2.34. The lowest BCUT2D eigenvalue weighted by Crippen LogP contribution is -2.45. The predicted octanol–water partition coefficient (Wildman–Crippen LogP) is 6.03. The summed E-state index contributed by atoms with van der Waals surface area (Å²) in [5.41, 5.74) is -1.17. The van der Waals surface area contributed by atoms with Crippen LogP contribution in [-0.4, -0.2) is 56.8 Å². The number of rotatable bonds is 11. The van der Waals surface area contributed by atoms with Crippen molar-refractivity contribution in [2.24, 2.45) is 5.92 Å². The first-order valence-corrected chi connectivity index (χ1v) is 13.2. The van der Waals surface area contributed by atoms with Gasteiger partial charge in [0.15, 0.2) is 5.69 Å². The van der Waals surface area contributed by atoms with E-state index in [0.29, 0.717) is 18.8 Å². The molecule has 2 aromatic rings. The smallest absolute Gasteiger partial charge is 0.391 e. The summed E-state index contributed by atoms with van der Waals surface area (Å²) >= 11 is 6.52. The SMILES string of the molecule is CC[C@@H](CC(F)(F)F)Nc1cc(OC(F)F)c(-c2c(Cl)c(C(=O)NCC3(O)CCC(C)CC3)nn2CC)cn1. The fraction of sp³-hybridized carbons (Fsp3) is 0.640. The number of nitrogens with one attached hydrogen (secondary N) is 2. The number of nitrogens with zero attached hydrogens (tertiary/aromatic N) is 3. The normalized spacial score (nSPS) is 20.6. The number of ether oxygens (including phenoxy) is 1. The van der Waals surface area contributed by atoms with Gasteiger partial charge in [0.25, 0.3) is 5.91 Å². The molecule has 1 aliphatic carbocycles. The summed E-state index contributed by atoms with van der Waals surface area (Å²) in [6, 6.07) is 0.0217. The lowest BCUT2D eigenvalue weighted by molar-refractivity contribution is -0.137. The van der Waals surface area contributed by atoms with Gasteiger partial charge >= 0.3 is 12.8 Å². The van der Waals surface area contributed by atoms with E-state index in [1.165, 1.54) is 4.68 Å². The van der Waals surface area contributed by atoms with Gasteiger partial charge in [-0.05, 0) is 44.9 Å². The standard InChI is InChI=1S/C25H33ClF5N5O3/c1-4-15(11-25(29,30)31)34-18-10-17(39-23(27)28)16(12-32-18)21-19(26)20(35-36(21)5-2)22(37)33-13-24(38)8-6-14(3)7-9-24/h10,12,14-15,23,38H,4-9,11,13H2,1-3H3,(H,32,34)(H,33,37)/t14?,15-,24?/m0/s1. The monoisotopic (exact) mass is 581 g/mol. The second-order valence-electron chi connectivity index (χ2n) is 9.93. The molecule has 0 unspecified atom stereocenters. The number of aromatic nitrogens is 3. The lowest BCUT2D eigenvalue weighted by atomic mass is 9.79. The number of aliphatic hydroxyl groups is 1. The molecule has 0 bridgehead atoms. The molecule has 0 aliphatic heterocycles. The van der Waals surface area contributed by atoms with Gasteiger partial charge in [0.05, 0.1) is 28.3 Å². The van der Waals surface area contributed by atoms with Crippen LogP contribution in [0.2, 0.25) is 5.02 Å². The summed E-state index contributed by atoms with van der Waals surface area (Å²) < 4.78 is 71.2. The van der Waals surface area contributed by atoms with Crippen molar-refractivity contribution in [3.63, 3.8) is 0 Å². The van der Waals surface area contributed by atoms with Gasteiger partial charge < -0.3 is 20.5 Å². The van der Waals surface area contributed by atoms with E-state index in [1.807, 2.05) is 0 Å². The van der Waals surface area contributed by atoms with E-state index in [-0.39, 0.29) is 47.3 Å². The topological polar surface area (TPSA) is 101 Å². The highest BCUT2D eigenvalue weighted by Crippen LogP contribution is 2.39. The lowest BCUT2D eigenvalue weighted by Gasteiger charge is -2.34. The molecular formula is C25H33ClF5N5O3. The molecule has 14 heteroatoms. The molecule has 1 fully saturated rings. The largest absolute Gasteiger partial charge is 0.434 e. The summed E-state index contributed by atoms with van der Waals surface area (Å²) in [6.07, 6.45) is -1.59. The van der Waals surface area contributed by atoms with E-state index in [2.05, 4.69) is 32.4 Å². The molecule has 3 rings (SSSR count). The zero-order valence-electron chi connectivity index (χ0n) is 21.9. The number of aryl methyl sites for hydroxylation is 1. The highest BCUT2D eigenvalue weighted by molar-refractivity contribution is 6.36. The summed E-state index contributed by atoms with van der Waals surface area (Å²) in [6.45, 7) is 2.29. The number of alkyl halides is 5. The zero-order chi connectivity index (χ0) is 29.0. The first-order chi connectivity index (χ1) is 18.2. The molecule has 3 N–H and O–H groups in total. The van der Waals surface area contributed by atoms with Gasteiger partial charge in [0.1, 0.15) is 11.6 Å². The van der Waals surface area contributed by atoms with E-state index in [9.17, 15) is 31.9 Å². The average molecular weight is 582 g/mol. The van der Waals surface area contributed by atoms with Crippen LogP contribution in [0.4, 0.5) is 27.8 Å². The Bertz CT molecular complexity index is 1140. The summed E-state index contributed by atoms with van der Waals surface area (Å²) in [5.74, 6) is -0.660. The molecule has 8 nitrogen and oxygen atoms in total. The highest BCUT2D eigenvalue weighted by atomic mass is 35.5. The van der Waals surface area contributed by atoms with Crippen LogP contribution in [0, 0.1) is 5.92 Å². The summed E-state index contributed by atoms with van der Waals surface area (Å²) in [7, 11) is 0. The second-order valence-corrected chi connectivity index (χ2v) is 10.3. The Morgan fingerprint density at radius 2 is 1.97 bits per heavy atom. The van der Waals surface area contributed by atoms with Gasteiger partial charge in [0, 0.05) is 31.4 Å². The molecule has 0 radical (unpaired) electrons. The molecule has 218 valence electrons. The first-order valence-electron chi connectivity index (χ1n) is 12.8. The minimum absolute atomic E-state index is 0.00138. The Morgan fingerprint density at radius 3 is 2.54 bits per heavy atom. The van der Waals surface area contributed by atoms with Crippen LogP contribution in [-0.2, 0) is 6.54 Å². The van der Waals surface area contributed by atoms with Crippen LogP contribution >= 0.6 is 11.6 Å². The Labute approximate surface area is 228 Å². The summed E-state index contributed by atoms with van der Waals surface area (Å²) in [5, 5.41) is 20.1. The molecule has 2 heterocycles. The average Bonchev–Trinajstić information content (AvgIpc) is 3.19. The number of amides is 1. The molecule has 1 atom stereocenters. The molecule has 0 aromatic carbocycles. The van der Waals surface area contributed by atoms with Crippen molar-refractivity contribution in [3.8, 4) is 17.0 Å². The first kappa shape index (κ1) is 30.9. The fourth-order valence-corrected chi connectivity index (χ4v) is 4.87. The maximum Gasteiger partial charge on any atom is 0.391 e. The molecule has 0 saturated heterocycles. The van der Waals surface area contributed by atoms with Crippen molar-refractivity contribution in [2.75, 3.05) is 11.9 Å². The fourth-order valence-electron chi connectivity index (χ4n) is 4.55. The molecule has 1 saturated carbocycles. The quantitative estimate of drug-likeness (QED) is 0.280. The van der Waals surface area contributed by atoms with Crippen molar-refractivity contribution in [2.45, 2.75) is 90.3 Å². The van der Waals surface area contributed by atoms with Gasteiger partial charge in [-0.3, -0.25) is 9.48 Å². The van der Waals surface area contributed by atoms with Crippen molar-refractivity contribution in [3.05, 3.63) is 23.0 Å². The predicted molar refractivity (Wildman–Crippen MR) is 136 cm³/mol. The summed E-state index contributed by atoms with van der Waals surface area (Å²) in [4.78, 5) is 17.0. The van der Waals surface area contributed by atoms with Crippen molar-refractivity contribution >= 4 is 23.3 Å². The molecular weight excluding hydrogens is 549 g/mol. The number of pyridine rings is 1. The Balaban J connectivity index is 1.90. The minimum atomic E-state index is -4.43. The number of hydrogen-bond donors (Lipinski definition) is 3. The number of hydrogen-bond acceptors (Lipinski definition) is 6. The van der Waals surface area contributed by atoms with Gasteiger partial charge in [-0.2, -0.15) is 27.1 Å². The number of carbonyl (C=O) groups is 1. The van der Waals surface area contributed by atoms with Crippen molar-refractivity contribution in [1.82, 2.24) is 20.1 Å². The van der Waals surface area contributed by atoms with Gasteiger partial charge in [0.2, 0.25) is 0 Å². The van der Waals surface area contributed by atoms with Crippen LogP contribution in [0.15, 0.2) is 12.3 Å². The molecule has 2 aromatic heterocycles. The van der Waals surface area contributed by atoms with E-state index >= 15 is 0 Å². The van der Waals surface area contributed by atoms with E-state index in [0.717, 1.165) is 25.1 Å². The van der Waals surface area contributed by atoms with Crippen LogP contribution in [0.25, 0.3) is 11.3 Å². The van der Waals surface area contributed by atoms with Crippen molar-refractivity contribution in [1.29, 1.82) is 0 Å². The third kappa shape index (κ3) is 8.17. The second kappa shape index (κ2) is 12.7. The van der Waals surface area contributed by atoms with E-state index in [4.69, 9.17) is 11.6 Å². The van der Waals surface area contributed by atoms with Crippen LogP contribution in [0.3, 0.4) is 0 Å². The van der Waals surface area contributed by atoms with Gasteiger partial charge in [-0.1, -0.05) is 25.4 Å². The van der Waals surface area contributed by atoms with E-state index in [1.54, 1.807) is 13.8 Å². The Kier molecular flexibility index (Phi) is 10.0. The molecule has 1 aliphatic rings. The van der Waals surface area contributed by atoms with Crippen LogP contribution in [0.1, 0.15) is 69.8 Å². The number of halogens is 6. The van der Waals surface area contributed by atoms with Crippen LogP contribution < -0.4 is 15.4 Å². The maximum atomic E-state index is 13.3. The maximum absolute atomic E-state index is 13.3. The minimum Gasteiger partial charge on any atom is -0.434 e. The Morgan fingerprint density at radius 1 is 1.31 bits per heavy atom.